The van der Waals surface area contributed by atoms with Crippen LogP contribution in [0.5, 0.6) is 0 Å². The first-order valence-corrected chi connectivity index (χ1v) is 9.13. The number of Topliss-reactive ketones (excluding diaryl/α,β-unsaturated/α-hetero) is 2. The molecule has 3 aromatic carbocycles. The summed E-state index contributed by atoms with van der Waals surface area (Å²) in [4.78, 5) is 27.3. The Kier molecular flexibility index (Phi) is 4.60. The molecule has 3 aromatic rings. The highest BCUT2D eigenvalue weighted by atomic mass is 32.2. The number of anilines is 1. The molecule has 0 aromatic heterocycles. The number of benzene rings is 3. The summed E-state index contributed by atoms with van der Waals surface area (Å²) in [5.41, 5.74) is 1.51. The summed E-state index contributed by atoms with van der Waals surface area (Å²) in [6.07, 6.45) is 0. The van der Waals surface area contributed by atoms with E-state index in [1.165, 1.54) is 36.0 Å². The third-order valence-electron chi connectivity index (χ3n) is 4.15. The van der Waals surface area contributed by atoms with Crippen molar-refractivity contribution in [3.8, 4) is 0 Å². The minimum Gasteiger partial charge on any atom is -0.351 e. The molecule has 0 saturated heterocycles. The number of halogens is 1. The van der Waals surface area contributed by atoms with E-state index >= 15 is 0 Å². The molecule has 5 heteroatoms. The van der Waals surface area contributed by atoms with E-state index in [9.17, 15) is 14.0 Å². The fourth-order valence-corrected chi connectivity index (χ4v) is 3.82. The second-order valence-electron chi connectivity index (χ2n) is 5.95. The Bertz CT molecular complexity index is 1060. The van der Waals surface area contributed by atoms with Gasteiger partial charge >= 0.3 is 0 Å². The maximum Gasteiger partial charge on any atom is 0.211 e. The van der Waals surface area contributed by atoms with Gasteiger partial charge in [0.05, 0.1) is 4.91 Å². The standard InChI is InChI=1S/C22H14FNO2S/c23-14-10-12-15(13-11-14)24-19-20(25)17-8-4-5-9-18(17)21(26)22(19)27-16-6-2-1-3-7-16/h1-13,24H. The summed E-state index contributed by atoms with van der Waals surface area (Å²) in [5.74, 6) is -0.832. The van der Waals surface area contributed by atoms with Gasteiger partial charge in [-0.15, -0.1) is 0 Å². The molecule has 27 heavy (non-hydrogen) atoms. The van der Waals surface area contributed by atoms with Crippen LogP contribution in [0.15, 0.2) is 94.4 Å². The first kappa shape index (κ1) is 17.2. The van der Waals surface area contributed by atoms with Crippen molar-refractivity contribution in [1.29, 1.82) is 0 Å². The van der Waals surface area contributed by atoms with Crippen LogP contribution in [0, 0.1) is 5.82 Å². The molecule has 132 valence electrons. The minimum atomic E-state index is -0.371. The first-order chi connectivity index (χ1) is 13.1. The quantitative estimate of drug-likeness (QED) is 0.670. The topological polar surface area (TPSA) is 46.2 Å². The Balaban J connectivity index is 1.81. The molecule has 1 aliphatic rings. The number of rotatable bonds is 4. The van der Waals surface area contributed by atoms with Crippen LogP contribution in [0.25, 0.3) is 0 Å². The second-order valence-corrected chi connectivity index (χ2v) is 7.04. The van der Waals surface area contributed by atoms with Gasteiger partial charge in [-0.2, -0.15) is 0 Å². The smallest absolute Gasteiger partial charge is 0.211 e. The number of hydrogen-bond acceptors (Lipinski definition) is 4. The number of allylic oxidation sites excluding steroid dienone is 2. The fourth-order valence-electron chi connectivity index (χ4n) is 2.85. The van der Waals surface area contributed by atoms with Crippen molar-refractivity contribution in [2.75, 3.05) is 5.32 Å². The van der Waals surface area contributed by atoms with Crippen LogP contribution < -0.4 is 5.32 Å². The van der Waals surface area contributed by atoms with Crippen LogP contribution in [0.3, 0.4) is 0 Å². The number of fused-ring (bicyclic) bond motifs is 1. The largest absolute Gasteiger partial charge is 0.351 e. The average Bonchev–Trinajstić information content (AvgIpc) is 2.71. The molecule has 1 N–H and O–H groups in total. The molecule has 3 nitrogen and oxygen atoms in total. The molecular formula is C22H14FNO2S. The van der Waals surface area contributed by atoms with Gasteiger partial charge in [-0.05, 0) is 36.4 Å². The Labute approximate surface area is 159 Å². The maximum absolute atomic E-state index is 13.2. The maximum atomic E-state index is 13.2. The summed E-state index contributed by atoms with van der Waals surface area (Å²) < 4.78 is 13.2. The van der Waals surface area contributed by atoms with E-state index in [4.69, 9.17) is 0 Å². The number of carbonyl (C=O) groups is 2. The third-order valence-corrected chi connectivity index (χ3v) is 5.25. The zero-order valence-electron chi connectivity index (χ0n) is 14.1. The highest BCUT2D eigenvalue weighted by Crippen LogP contribution is 2.37. The molecule has 0 bridgehead atoms. The van der Waals surface area contributed by atoms with Crippen molar-refractivity contribution >= 4 is 29.0 Å². The van der Waals surface area contributed by atoms with Gasteiger partial charge in [-0.1, -0.05) is 54.2 Å². The van der Waals surface area contributed by atoms with E-state index < -0.39 is 0 Å². The zero-order valence-corrected chi connectivity index (χ0v) is 14.9. The zero-order chi connectivity index (χ0) is 18.8. The van der Waals surface area contributed by atoms with E-state index in [2.05, 4.69) is 5.32 Å². The van der Waals surface area contributed by atoms with Gasteiger partial charge in [0.15, 0.2) is 0 Å². The van der Waals surface area contributed by atoms with Gasteiger partial charge in [0.1, 0.15) is 11.5 Å². The fraction of sp³-hybridized carbons (Fsp3) is 0. The lowest BCUT2D eigenvalue weighted by Gasteiger charge is -2.21. The molecule has 0 spiro atoms. The number of nitrogens with one attached hydrogen (secondary N) is 1. The van der Waals surface area contributed by atoms with E-state index in [1.807, 2.05) is 30.3 Å². The number of carbonyl (C=O) groups excluding carboxylic acids is 2. The van der Waals surface area contributed by atoms with Gasteiger partial charge < -0.3 is 5.32 Å². The lowest BCUT2D eigenvalue weighted by Crippen LogP contribution is -2.25. The summed E-state index contributed by atoms with van der Waals surface area (Å²) in [6, 6.07) is 21.8. The summed E-state index contributed by atoms with van der Waals surface area (Å²) >= 11 is 1.24. The van der Waals surface area contributed by atoms with Crippen LogP contribution in [0.2, 0.25) is 0 Å². The van der Waals surface area contributed by atoms with Crippen molar-refractivity contribution in [1.82, 2.24) is 0 Å². The average molecular weight is 375 g/mol. The Morgan fingerprint density at radius 1 is 0.704 bits per heavy atom. The molecule has 0 atom stereocenters. The van der Waals surface area contributed by atoms with Crippen LogP contribution >= 0.6 is 11.8 Å². The van der Waals surface area contributed by atoms with E-state index in [-0.39, 0.29) is 23.1 Å². The molecule has 4 rings (SSSR count). The lowest BCUT2D eigenvalue weighted by atomic mass is 9.92. The summed E-state index contributed by atoms with van der Waals surface area (Å²) in [6.45, 7) is 0. The number of hydrogen-bond donors (Lipinski definition) is 1. The second kappa shape index (κ2) is 7.21. The van der Waals surface area contributed by atoms with E-state index in [0.29, 0.717) is 21.7 Å². The molecule has 0 fully saturated rings. The van der Waals surface area contributed by atoms with Crippen molar-refractivity contribution < 1.29 is 14.0 Å². The highest BCUT2D eigenvalue weighted by Gasteiger charge is 2.32. The van der Waals surface area contributed by atoms with E-state index in [0.717, 1.165) is 4.90 Å². The Morgan fingerprint density at radius 3 is 1.96 bits per heavy atom. The number of ketones is 2. The Morgan fingerprint density at radius 2 is 1.30 bits per heavy atom. The van der Waals surface area contributed by atoms with Gasteiger partial charge in [0, 0.05) is 21.7 Å². The normalized spacial score (nSPS) is 13.5. The minimum absolute atomic E-state index is 0.205. The molecule has 0 radical (unpaired) electrons. The van der Waals surface area contributed by atoms with Crippen molar-refractivity contribution in [2.45, 2.75) is 4.90 Å². The molecule has 0 saturated carbocycles. The molecule has 0 unspecified atom stereocenters. The van der Waals surface area contributed by atoms with E-state index in [1.54, 1.807) is 24.3 Å². The van der Waals surface area contributed by atoms with Crippen LogP contribution in [-0.2, 0) is 0 Å². The lowest BCUT2D eigenvalue weighted by molar-refractivity contribution is 0.0982. The number of thioether (sulfide) groups is 1. The third kappa shape index (κ3) is 3.41. The van der Waals surface area contributed by atoms with Gasteiger partial charge in [-0.25, -0.2) is 4.39 Å². The predicted octanol–water partition coefficient (Wildman–Crippen LogP) is 5.32. The predicted molar refractivity (Wildman–Crippen MR) is 104 cm³/mol. The SMILES string of the molecule is O=C1C(Nc2ccc(F)cc2)=C(Sc2ccccc2)C(=O)c2ccccc21. The van der Waals surface area contributed by atoms with Crippen LogP contribution in [-0.4, -0.2) is 11.6 Å². The van der Waals surface area contributed by atoms with Gasteiger partial charge in [0.25, 0.3) is 0 Å². The summed E-state index contributed by atoms with van der Waals surface area (Å²) in [5, 5.41) is 3.02. The Hall–Kier alpha value is -3.18. The summed E-state index contributed by atoms with van der Waals surface area (Å²) in [7, 11) is 0. The van der Waals surface area contributed by atoms with Crippen molar-refractivity contribution in [3.05, 3.63) is 106 Å². The van der Waals surface area contributed by atoms with Crippen molar-refractivity contribution in [2.24, 2.45) is 0 Å². The highest BCUT2D eigenvalue weighted by molar-refractivity contribution is 8.04. The molecular weight excluding hydrogens is 361 g/mol. The molecule has 0 aliphatic heterocycles. The van der Waals surface area contributed by atoms with Crippen molar-refractivity contribution in [3.63, 3.8) is 0 Å². The molecule has 1 aliphatic carbocycles. The first-order valence-electron chi connectivity index (χ1n) is 8.31. The monoisotopic (exact) mass is 375 g/mol. The van der Waals surface area contributed by atoms with Gasteiger partial charge in [-0.3, -0.25) is 9.59 Å². The van der Waals surface area contributed by atoms with Crippen LogP contribution in [0.4, 0.5) is 10.1 Å². The van der Waals surface area contributed by atoms with Crippen LogP contribution in [0.1, 0.15) is 20.7 Å². The molecule has 0 amide bonds. The molecule has 0 heterocycles. The van der Waals surface area contributed by atoms with Gasteiger partial charge in [0.2, 0.25) is 11.6 Å².